The third-order valence-corrected chi connectivity index (χ3v) is 3.23. The van der Waals surface area contributed by atoms with Crippen molar-refractivity contribution >= 4 is 5.91 Å². The lowest BCUT2D eigenvalue weighted by molar-refractivity contribution is -0.130. The van der Waals surface area contributed by atoms with Gasteiger partial charge >= 0.3 is 0 Å². The van der Waals surface area contributed by atoms with Crippen LogP contribution in [0.4, 0.5) is 0 Å². The largest absolute Gasteiger partial charge is 0.345 e. The molecule has 1 aromatic rings. The van der Waals surface area contributed by atoms with Gasteiger partial charge in [-0.2, -0.15) is 0 Å². The number of amides is 1. The number of hydrogen-bond donors (Lipinski definition) is 1. The first kappa shape index (κ1) is 15.7. The molecule has 0 bridgehead atoms. The molecule has 0 saturated heterocycles. The van der Waals surface area contributed by atoms with Gasteiger partial charge in [-0.05, 0) is 39.2 Å². The molecule has 0 aromatic heterocycles. The molecule has 1 rings (SSSR count). The van der Waals surface area contributed by atoms with Crippen LogP contribution in [0.1, 0.15) is 37.8 Å². The summed E-state index contributed by atoms with van der Waals surface area (Å²) in [5.74, 6) is 0.172. The number of rotatable bonds is 6. The fraction of sp³-hybridized carbons (Fsp3) is 0.562. The standard InChI is InChI=1S/C16H26N2O/c1-13-6-5-7-14(12-13)9-11-18(4)15(19)8-10-16(2,3)17/h5-7,12H,8-11,17H2,1-4H3. The third-order valence-electron chi connectivity index (χ3n) is 3.23. The average molecular weight is 262 g/mol. The zero-order valence-corrected chi connectivity index (χ0v) is 12.6. The number of aryl methyl sites for hydroxylation is 1. The van der Waals surface area contributed by atoms with Crippen LogP contribution < -0.4 is 5.73 Å². The molecular weight excluding hydrogens is 236 g/mol. The van der Waals surface area contributed by atoms with Crippen molar-refractivity contribution in [2.24, 2.45) is 5.73 Å². The van der Waals surface area contributed by atoms with Gasteiger partial charge in [0, 0.05) is 25.6 Å². The van der Waals surface area contributed by atoms with Crippen molar-refractivity contribution in [2.45, 2.75) is 45.6 Å². The van der Waals surface area contributed by atoms with Crippen LogP contribution in [0, 0.1) is 6.92 Å². The minimum absolute atomic E-state index is 0.172. The topological polar surface area (TPSA) is 46.3 Å². The Morgan fingerprint density at radius 1 is 1.37 bits per heavy atom. The summed E-state index contributed by atoms with van der Waals surface area (Å²) < 4.78 is 0. The summed E-state index contributed by atoms with van der Waals surface area (Å²) in [5.41, 5.74) is 8.16. The van der Waals surface area contributed by atoms with E-state index >= 15 is 0 Å². The van der Waals surface area contributed by atoms with E-state index in [-0.39, 0.29) is 11.4 Å². The van der Waals surface area contributed by atoms with Crippen molar-refractivity contribution in [2.75, 3.05) is 13.6 Å². The van der Waals surface area contributed by atoms with Gasteiger partial charge < -0.3 is 10.6 Å². The Labute approximate surface area is 116 Å². The van der Waals surface area contributed by atoms with E-state index in [4.69, 9.17) is 5.73 Å². The molecule has 0 radical (unpaired) electrons. The lowest BCUT2D eigenvalue weighted by Crippen LogP contribution is -2.35. The summed E-state index contributed by atoms with van der Waals surface area (Å²) in [7, 11) is 1.86. The van der Waals surface area contributed by atoms with Crippen LogP contribution in [-0.2, 0) is 11.2 Å². The van der Waals surface area contributed by atoms with Gasteiger partial charge in [-0.15, -0.1) is 0 Å². The van der Waals surface area contributed by atoms with Gasteiger partial charge in [-0.3, -0.25) is 4.79 Å². The molecule has 0 aliphatic heterocycles. The molecule has 0 aliphatic carbocycles. The highest BCUT2D eigenvalue weighted by molar-refractivity contribution is 5.75. The first-order valence-electron chi connectivity index (χ1n) is 6.86. The SMILES string of the molecule is Cc1cccc(CCN(C)C(=O)CCC(C)(C)N)c1. The number of carbonyl (C=O) groups excluding carboxylic acids is 1. The monoisotopic (exact) mass is 262 g/mol. The van der Waals surface area contributed by atoms with Gasteiger partial charge in [-0.25, -0.2) is 0 Å². The zero-order valence-electron chi connectivity index (χ0n) is 12.6. The smallest absolute Gasteiger partial charge is 0.222 e. The number of hydrogen-bond acceptors (Lipinski definition) is 2. The Morgan fingerprint density at radius 3 is 2.63 bits per heavy atom. The van der Waals surface area contributed by atoms with Crippen LogP contribution in [-0.4, -0.2) is 29.9 Å². The summed E-state index contributed by atoms with van der Waals surface area (Å²) in [6.07, 6.45) is 2.14. The Morgan fingerprint density at radius 2 is 2.05 bits per heavy atom. The number of nitrogens with zero attached hydrogens (tertiary/aromatic N) is 1. The molecule has 1 aromatic carbocycles. The van der Waals surface area contributed by atoms with E-state index in [0.29, 0.717) is 6.42 Å². The highest BCUT2D eigenvalue weighted by Gasteiger charge is 2.15. The van der Waals surface area contributed by atoms with E-state index in [1.165, 1.54) is 11.1 Å². The van der Waals surface area contributed by atoms with Gasteiger partial charge in [0.25, 0.3) is 0 Å². The van der Waals surface area contributed by atoms with Gasteiger partial charge in [0.05, 0.1) is 0 Å². The van der Waals surface area contributed by atoms with Crippen molar-refractivity contribution in [1.82, 2.24) is 4.90 Å². The van der Waals surface area contributed by atoms with Crippen molar-refractivity contribution in [3.8, 4) is 0 Å². The number of nitrogens with two attached hydrogens (primary N) is 1. The first-order chi connectivity index (χ1) is 8.78. The molecule has 0 aliphatic rings. The maximum Gasteiger partial charge on any atom is 0.222 e. The second-order valence-electron chi connectivity index (χ2n) is 6.04. The zero-order chi connectivity index (χ0) is 14.5. The van der Waals surface area contributed by atoms with Crippen molar-refractivity contribution in [1.29, 1.82) is 0 Å². The third kappa shape index (κ3) is 6.39. The molecule has 2 N–H and O–H groups in total. The van der Waals surface area contributed by atoms with E-state index in [2.05, 4.69) is 31.2 Å². The first-order valence-corrected chi connectivity index (χ1v) is 6.86. The average Bonchev–Trinajstić information content (AvgIpc) is 2.32. The molecule has 19 heavy (non-hydrogen) atoms. The molecule has 3 heteroatoms. The molecule has 3 nitrogen and oxygen atoms in total. The van der Waals surface area contributed by atoms with Crippen LogP contribution in [0.5, 0.6) is 0 Å². The summed E-state index contributed by atoms with van der Waals surface area (Å²) in [6, 6.07) is 8.42. The summed E-state index contributed by atoms with van der Waals surface area (Å²) in [6.45, 7) is 6.75. The Kier molecular flexibility index (Phi) is 5.55. The minimum atomic E-state index is -0.271. The molecular formula is C16H26N2O. The predicted molar refractivity (Wildman–Crippen MR) is 80.0 cm³/mol. The minimum Gasteiger partial charge on any atom is -0.345 e. The molecule has 0 saturated carbocycles. The van der Waals surface area contributed by atoms with Crippen molar-refractivity contribution < 1.29 is 4.79 Å². The van der Waals surface area contributed by atoms with Crippen LogP contribution in [0.25, 0.3) is 0 Å². The fourth-order valence-corrected chi connectivity index (χ4v) is 1.91. The predicted octanol–water partition coefficient (Wildman–Crippen LogP) is 2.51. The maximum absolute atomic E-state index is 11.9. The lowest BCUT2D eigenvalue weighted by atomic mass is 10.00. The summed E-state index contributed by atoms with van der Waals surface area (Å²) >= 11 is 0. The number of likely N-dealkylation sites (N-methyl/N-ethyl adjacent to an activating group) is 1. The van der Waals surface area contributed by atoms with Crippen LogP contribution >= 0.6 is 0 Å². The Hall–Kier alpha value is -1.35. The second kappa shape index (κ2) is 6.71. The fourth-order valence-electron chi connectivity index (χ4n) is 1.91. The van der Waals surface area contributed by atoms with Gasteiger partial charge in [0.15, 0.2) is 0 Å². The molecule has 0 spiro atoms. The molecule has 1 amide bonds. The van der Waals surface area contributed by atoms with Crippen LogP contribution in [0.2, 0.25) is 0 Å². The van der Waals surface area contributed by atoms with E-state index in [0.717, 1.165) is 19.4 Å². The van der Waals surface area contributed by atoms with Crippen molar-refractivity contribution in [3.63, 3.8) is 0 Å². The molecule has 106 valence electrons. The highest BCUT2D eigenvalue weighted by atomic mass is 16.2. The molecule has 0 heterocycles. The second-order valence-corrected chi connectivity index (χ2v) is 6.04. The van der Waals surface area contributed by atoms with Gasteiger partial charge in [-0.1, -0.05) is 29.8 Å². The normalized spacial score (nSPS) is 11.4. The van der Waals surface area contributed by atoms with Crippen molar-refractivity contribution in [3.05, 3.63) is 35.4 Å². The summed E-state index contributed by atoms with van der Waals surface area (Å²) in [5, 5.41) is 0. The summed E-state index contributed by atoms with van der Waals surface area (Å²) in [4.78, 5) is 13.7. The molecule has 0 unspecified atom stereocenters. The van der Waals surface area contributed by atoms with E-state index in [1.54, 1.807) is 4.90 Å². The quantitative estimate of drug-likeness (QED) is 0.856. The van der Waals surface area contributed by atoms with Gasteiger partial charge in [0.1, 0.15) is 0 Å². The van der Waals surface area contributed by atoms with E-state index < -0.39 is 0 Å². The van der Waals surface area contributed by atoms with E-state index in [9.17, 15) is 4.79 Å². The lowest BCUT2D eigenvalue weighted by Gasteiger charge is -2.21. The van der Waals surface area contributed by atoms with Gasteiger partial charge in [0.2, 0.25) is 5.91 Å². The Balaban J connectivity index is 2.38. The molecule has 0 atom stereocenters. The molecule has 0 fully saturated rings. The highest BCUT2D eigenvalue weighted by Crippen LogP contribution is 2.09. The maximum atomic E-state index is 11.9. The van der Waals surface area contributed by atoms with Crippen LogP contribution in [0.15, 0.2) is 24.3 Å². The Bertz CT molecular complexity index is 421. The number of carbonyl (C=O) groups is 1. The van der Waals surface area contributed by atoms with E-state index in [1.807, 2.05) is 20.9 Å². The number of benzene rings is 1. The van der Waals surface area contributed by atoms with Crippen LogP contribution in [0.3, 0.4) is 0 Å².